The fourth-order valence-electron chi connectivity index (χ4n) is 6.75. The van der Waals surface area contributed by atoms with E-state index in [9.17, 15) is 20.1 Å². The SMILES string of the molecule is CCCCCCCCCCC/C=C/CCCC(O)C(O)C(CO)NC(=O)CCCCCCCCCCCCCCCCCCCCCC. The summed E-state index contributed by atoms with van der Waals surface area (Å²) in [6.07, 6.45) is 44.6. The summed E-state index contributed by atoms with van der Waals surface area (Å²) >= 11 is 0. The number of carbonyl (C=O) groups excluding carboxylic acids is 1. The average Bonchev–Trinajstić information content (AvgIpc) is 3.09. The lowest BCUT2D eigenvalue weighted by atomic mass is 10.0. The first kappa shape index (κ1) is 47.1. The van der Waals surface area contributed by atoms with Crippen LogP contribution in [0.1, 0.15) is 232 Å². The zero-order valence-corrected chi connectivity index (χ0v) is 32.4. The molecule has 48 heavy (non-hydrogen) atoms. The maximum atomic E-state index is 12.4. The van der Waals surface area contributed by atoms with E-state index in [-0.39, 0.29) is 12.5 Å². The smallest absolute Gasteiger partial charge is 0.220 e. The van der Waals surface area contributed by atoms with E-state index in [1.165, 1.54) is 167 Å². The number of carbonyl (C=O) groups is 1. The van der Waals surface area contributed by atoms with Gasteiger partial charge >= 0.3 is 0 Å². The van der Waals surface area contributed by atoms with Crippen molar-refractivity contribution in [3.05, 3.63) is 12.2 Å². The molecule has 0 rings (SSSR count). The largest absolute Gasteiger partial charge is 0.394 e. The predicted molar refractivity (Wildman–Crippen MR) is 208 cm³/mol. The summed E-state index contributed by atoms with van der Waals surface area (Å²) < 4.78 is 0. The van der Waals surface area contributed by atoms with Crippen molar-refractivity contribution in [3.8, 4) is 0 Å². The van der Waals surface area contributed by atoms with E-state index in [1.54, 1.807) is 0 Å². The van der Waals surface area contributed by atoms with E-state index >= 15 is 0 Å². The molecule has 0 heterocycles. The summed E-state index contributed by atoms with van der Waals surface area (Å²) in [5.41, 5.74) is 0. The Morgan fingerprint density at radius 1 is 0.500 bits per heavy atom. The van der Waals surface area contributed by atoms with Crippen molar-refractivity contribution in [2.75, 3.05) is 6.61 Å². The third-order valence-electron chi connectivity index (χ3n) is 10.1. The molecule has 1 amide bonds. The Morgan fingerprint density at radius 3 is 1.21 bits per heavy atom. The maximum Gasteiger partial charge on any atom is 0.220 e. The molecule has 286 valence electrons. The van der Waals surface area contributed by atoms with E-state index in [2.05, 4.69) is 31.3 Å². The van der Waals surface area contributed by atoms with Crippen LogP contribution in [0.3, 0.4) is 0 Å². The van der Waals surface area contributed by atoms with Gasteiger partial charge in [0.1, 0.15) is 6.10 Å². The van der Waals surface area contributed by atoms with Crippen LogP contribution >= 0.6 is 0 Å². The molecule has 3 atom stereocenters. The van der Waals surface area contributed by atoms with Gasteiger partial charge in [-0.2, -0.15) is 0 Å². The number of rotatable bonds is 39. The predicted octanol–water partition coefficient (Wildman–Crippen LogP) is 12.0. The Morgan fingerprint density at radius 2 is 0.833 bits per heavy atom. The number of aliphatic hydroxyl groups is 3. The molecule has 0 aromatic carbocycles. The molecule has 0 bridgehead atoms. The molecule has 0 spiro atoms. The van der Waals surface area contributed by atoms with Crippen LogP contribution in [0.4, 0.5) is 0 Å². The van der Waals surface area contributed by atoms with Gasteiger partial charge in [0.05, 0.1) is 18.8 Å². The number of hydrogen-bond donors (Lipinski definition) is 4. The van der Waals surface area contributed by atoms with Gasteiger partial charge in [0.2, 0.25) is 5.91 Å². The maximum absolute atomic E-state index is 12.4. The normalized spacial score (nSPS) is 13.7. The van der Waals surface area contributed by atoms with Gasteiger partial charge in [0.25, 0.3) is 0 Å². The summed E-state index contributed by atoms with van der Waals surface area (Å²) in [7, 11) is 0. The van der Waals surface area contributed by atoms with E-state index < -0.39 is 18.2 Å². The van der Waals surface area contributed by atoms with Crippen molar-refractivity contribution in [1.82, 2.24) is 5.32 Å². The minimum Gasteiger partial charge on any atom is -0.394 e. The number of nitrogens with one attached hydrogen (secondary N) is 1. The van der Waals surface area contributed by atoms with Gasteiger partial charge in [0.15, 0.2) is 0 Å². The molecule has 0 aromatic rings. The molecule has 0 aromatic heterocycles. The molecule has 0 aliphatic heterocycles. The van der Waals surface area contributed by atoms with Crippen LogP contribution in [-0.4, -0.2) is 46.1 Å². The zero-order chi connectivity index (χ0) is 35.2. The van der Waals surface area contributed by atoms with Gasteiger partial charge in [0, 0.05) is 6.42 Å². The molecule has 5 nitrogen and oxygen atoms in total. The minimum atomic E-state index is -1.15. The summed E-state index contributed by atoms with van der Waals surface area (Å²) in [6, 6.07) is -0.820. The monoisotopic (exact) mass is 680 g/mol. The quantitative estimate of drug-likeness (QED) is 0.0384. The van der Waals surface area contributed by atoms with Gasteiger partial charge in [-0.3, -0.25) is 4.79 Å². The van der Waals surface area contributed by atoms with Crippen molar-refractivity contribution in [2.24, 2.45) is 0 Å². The van der Waals surface area contributed by atoms with Crippen LogP contribution in [0.5, 0.6) is 0 Å². The highest BCUT2D eigenvalue weighted by Crippen LogP contribution is 2.16. The Balaban J connectivity index is 3.62. The second-order valence-electron chi connectivity index (χ2n) is 14.9. The minimum absolute atomic E-state index is 0.151. The second-order valence-corrected chi connectivity index (χ2v) is 14.9. The highest BCUT2D eigenvalue weighted by atomic mass is 16.3. The van der Waals surface area contributed by atoms with Crippen molar-refractivity contribution in [1.29, 1.82) is 0 Å². The summed E-state index contributed by atoms with van der Waals surface area (Å²) in [5, 5.41) is 33.4. The molecular weight excluding hydrogens is 594 g/mol. The second kappa shape index (κ2) is 38.9. The molecule has 0 saturated heterocycles. The first-order chi connectivity index (χ1) is 23.6. The Bertz CT molecular complexity index is 669. The van der Waals surface area contributed by atoms with Crippen LogP contribution < -0.4 is 5.32 Å². The van der Waals surface area contributed by atoms with Gasteiger partial charge < -0.3 is 20.6 Å². The lowest BCUT2D eigenvalue weighted by Crippen LogP contribution is -2.50. The van der Waals surface area contributed by atoms with Crippen LogP contribution in [0.25, 0.3) is 0 Å². The molecule has 0 saturated carbocycles. The number of unbranched alkanes of at least 4 members (excludes halogenated alkanes) is 29. The lowest BCUT2D eigenvalue weighted by Gasteiger charge is -2.26. The van der Waals surface area contributed by atoms with Crippen molar-refractivity contribution < 1.29 is 20.1 Å². The van der Waals surface area contributed by atoms with Gasteiger partial charge in [-0.1, -0.05) is 199 Å². The van der Waals surface area contributed by atoms with Crippen LogP contribution in [0, 0.1) is 0 Å². The zero-order valence-electron chi connectivity index (χ0n) is 32.4. The molecule has 0 aliphatic rings. The van der Waals surface area contributed by atoms with Gasteiger partial charge in [-0.15, -0.1) is 0 Å². The standard InChI is InChI=1S/C43H85NO4/c1-3-5-7-9-11-13-15-17-19-20-21-22-23-24-26-28-30-32-34-36-38-42(47)44-40(39-45)43(48)41(46)37-35-33-31-29-27-25-18-16-14-12-10-8-6-4-2/h29,31,40-41,43,45-46,48H,3-28,30,32-39H2,1-2H3,(H,44,47)/b31-29+. The molecule has 4 N–H and O–H groups in total. The number of hydrogen-bond acceptors (Lipinski definition) is 4. The Kier molecular flexibility index (Phi) is 38.1. The molecule has 0 radical (unpaired) electrons. The van der Waals surface area contributed by atoms with Crippen molar-refractivity contribution >= 4 is 5.91 Å². The lowest BCUT2D eigenvalue weighted by molar-refractivity contribution is -0.124. The molecular formula is C43H85NO4. The van der Waals surface area contributed by atoms with E-state index in [1.807, 2.05) is 0 Å². The Hall–Kier alpha value is -0.910. The number of allylic oxidation sites excluding steroid dienone is 2. The van der Waals surface area contributed by atoms with E-state index in [0.717, 1.165) is 38.5 Å². The molecule has 3 unspecified atom stereocenters. The third kappa shape index (κ3) is 33.6. The molecule has 5 heteroatoms. The fourth-order valence-corrected chi connectivity index (χ4v) is 6.75. The highest BCUT2D eigenvalue weighted by Gasteiger charge is 2.26. The van der Waals surface area contributed by atoms with Gasteiger partial charge in [-0.25, -0.2) is 0 Å². The first-order valence-corrected chi connectivity index (χ1v) is 21.5. The van der Waals surface area contributed by atoms with Crippen LogP contribution in [0.2, 0.25) is 0 Å². The fraction of sp³-hybridized carbons (Fsp3) is 0.930. The van der Waals surface area contributed by atoms with Crippen molar-refractivity contribution in [3.63, 3.8) is 0 Å². The molecule has 0 fully saturated rings. The molecule has 0 aliphatic carbocycles. The topological polar surface area (TPSA) is 89.8 Å². The van der Waals surface area contributed by atoms with E-state index in [4.69, 9.17) is 0 Å². The number of aliphatic hydroxyl groups excluding tert-OH is 3. The summed E-state index contributed by atoms with van der Waals surface area (Å²) in [6.45, 7) is 4.17. The summed E-state index contributed by atoms with van der Waals surface area (Å²) in [4.78, 5) is 12.4. The highest BCUT2D eigenvalue weighted by molar-refractivity contribution is 5.76. The van der Waals surface area contributed by atoms with Gasteiger partial charge in [-0.05, 0) is 38.5 Å². The van der Waals surface area contributed by atoms with Crippen molar-refractivity contribution in [2.45, 2.75) is 250 Å². The Labute approximate surface area is 299 Å². The van der Waals surface area contributed by atoms with E-state index in [0.29, 0.717) is 12.8 Å². The summed E-state index contributed by atoms with van der Waals surface area (Å²) in [5.74, 6) is -0.151. The average molecular weight is 680 g/mol. The van der Waals surface area contributed by atoms with Crippen LogP contribution in [-0.2, 0) is 4.79 Å². The first-order valence-electron chi connectivity index (χ1n) is 21.5. The third-order valence-corrected chi connectivity index (χ3v) is 10.1. The van der Waals surface area contributed by atoms with Crippen LogP contribution in [0.15, 0.2) is 12.2 Å². The number of amides is 1.